The van der Waals surface area contributed by atoms with Gasteiger partial charge in [0.05, 0.1) is 24.8 Å². The molecule has 2 aromatic carbocycles. The zero-order valence-corrected chi connectivity index (χ0v) is 16.0. The number of benzene rings is 2. The van der Waals surface area contributed by atoms with Gasteiger partial charge in [-0.3, -0.25) is 9.59 Å². The van der Waals surface area contributed by atoms with Gasteiger partial charge in [0.2, 0.25) is 11.8 Å². The molecule has 0 bridgehead atoms. The van der Waals surface area contributed by atoms with Crippen molar-refractivity contribution in [2.45, 2.75) is 12.5 Å². The summed E-state index contributed by atoms with van der Waals surface area (Å²) in [5, 5.41) is 9.65. The topological polar surface area (TPSA) is 85.2 Å². The lowest BCUT2D eigenvalue weighted by atomic mass is 10.1. The fourth-order valence-electron chi connectivity index (χ4n) is 3.24. The van der Waals surface area contributed by atoms with Gasteiger partial charge in [0, 0.05) is 16.8 Å². The highest BCUT2D eigenvalue weighted by atomic mass is 35.5. The maximum Gasteiger partial charge on any atom is 0.249 e. The molecule has 0 saturated carbocycles. The molecule has 3 aromatic rings. The van der Waals surface area contributed by atoms with E-state index >= 15 is 0 Å². The molecule has 0 saturated heterocycles. The molecule has 2 amide bonds. The van der Waals surface area contributed by atoms with Gasteiger partial charge in [-0.1, -0.05) is 29.8 Å². The second-order valence-corrected chi connectivity index (χ2v) is 6.85. The quantitative estimate of drug-likeness (QED) is 0.678. The average molecular weight is 415 g/mol. The molecule has 148 valence electrons. The van der Waals surface area contributed by atoms with E-state index in [2.05, 4.69) is 15.7 Å². The number of anilines is 2. The van der Waals surface area contributed by atoms with Gasteiger partial charge in [-0.2, -0.15) is 5.10 Å². The van der Waals surface area contributed by atoms with Gasteiger partial charge in [-0.15, -0.1) is 0 Å². The second-order valence-electron chi connectivity index (χ2n) is 6.44. The Morgan fingerprint density at radius 3 is 2.86 bits per heavy atom. The predicted octanol–water partition coefficient (Wildman–Crippen LogP) is 3.87. The average Bonchev–Trinajstić information content (AvgIpc) is 3.13. The van der Waals surface area contributed by atoms with Crippen LogP contribution in [-0.2, 0) is 9.59 Å². The van der Waals surface area contributed by atoms with Crippen LogP contribution in [0.3, 0.4) is 0 Å². The maximum atomic E-state index is 13.3. The molecular weight excluding hydrogens is 399 g/mol. The minimum Gasteiger partial charge on any atom is -0.496 e. The first kappa shape index (κ1) is 18.9. The van der Waals surface area contributed by atoms with Crippen molar-refractivity contribution in [3.63, 3.8) is 0 Å². The molecule has 1 aromatic heterocycles. The Balaban J connectivity index is 1.68. The fourth-order valence-corrected chi connectivity index (χ4v) is 3.42. The lowest BCUT2D eigenvalue weighted by Gasteiger charge is -2.24. The molecule has 29 heavy (non-hydrogen) atoms. The number of hydrogen-bond acceptors (Lipinski definition) is 4. The lowest BCUT2D eigenvalue weighted by molar-refractivity contribution is -0.125. The van der Waals surface area contributed by atoms with Gasteiger partial charge in [0.15, 0.2) is 0 Å². The van der Waals surface area contributed by atoms with E-state index in [1.807, 2.05) is 18.2 Å². The van der Waals surface area contributed by atoms with Crippen molar-refractivity contribution < 1.29 is 18.7 Å². The SMILES string of the molecule is COc1ccccc1-c1cnn2c1NC(=O)C[C@@H]2C(=O)Nc1ccc(F)c(Cl)c1. The van der Waals surface area contributed by atoms with Crippen molar-refractivity contribution in [3.05, 3.63) is 59.5 Å². The van der Waals surface area contributed by atoms with E-state index in [4.69, 9.17) is 16.3 Å². The Morgan fingerprint density at radius 1 is 1.31 bits per heavy atom. The zero-order chi connectivity index (χ0) is 20.5. The molecule has 4 rings (SSSR count). The molecule has 1 aliphatic rings. The highest BCUT2D eigenvalue weighted by Crippen LogP contribution is 2.38. The number of methoxy groups -OCH3 is 1. The highest BCUT2D eigenvalue weighted by molar-refractivity contribution is 6.31. The van der Waals surface area contributed by atoms with Crippen LogP contribution in [0.15, 0.2) is 48.7 Å². The Kier molecular flexibility index (Phi) is 4.94. The first-order valence-corrected chi connectivity index (χ1v) is 9.12. The van der Waals surface area contributed by atoms with E-state index in [1.165, 1.54) is 16.8 Å². The molecule has 0 unspecified atom stereocenters. The van der Waals surface area contributed by atoms with Gasteiger partial charge in [-0.05, 0) is 24.3 Å². The third-order valence-electron chi connectivity index (χ3n) is 4.61. The van der Waals surface area contributed by atoms with Gasteiger partial charge >= 0.3 is 0 Å². The zero-order valence-electron chi connectivity index (χ0n) is 15.3. The van der Waals surface area contributed by atoms with Crippen LogP contribution in [0.2, 0.25) is 5.02 Å². The molecule has 7 nitrogen and oxygen atoms in total. The number of nitrogens with one attached hydrogen (secondary N) is 2. The van der Waals surface area contributed by atoms with Crippen molar-refractivity contribution in [1.82, 2.24) is 9.78 Å². The Hall–Kier alpha value is -3.39. The largest absolute Gasteiger partial charge is 0.496 e. The summed E-state index contributed by atoms with van der Waals surface area (Å²) in [7, 11) is 1.55. The molecular formula is C20H16ClFN4O3. The third-order valence-corrected chi connectivity index (χ3v) is 4.90. The monoisotopic (exact) mass is 414 g/mol. The van der Waals surface area contributed by atoms with Crippen molar-refractivity contribution in [2.75, 3.05) is 17.7 Å². The number of halogens is 2. The van der Waals surface area contributed by atoms with Crippen LogP contribution < -0.4 is 15.4 Å². The van der Waals surface area contributed by atoms with Crippen molar-refractivity contribution in [2.24, 2.45) is 0 Å². The summed E-state index contributed by atoms with van der Waals surface area (Å²) < 4.78 is 20.2. The van der Waals surface area contributed by atoms with Crippen LogP contribution in [-0.4, -0.2) is 28.7 Å². The highest BCUT2D eigenvalue weighted by Gasteiger charge is 2.33. The number of ether oxygens (including phenoxy) is 1. The smallest absolute Gasteiger partial charge is 0.249 e. The molecule has 0 spiro atoms. The Morgan fingerprint density at radius 2 is 2.10 bits per heavy atom. The van der Waals surface area contributed by atoms with Crippen LogP contribution in [0.1, 0.15) is 12.5 Å². The number of amides is 2. The summed E-state index contributed by atoms with van der Waals surface area (Å²) >= 11 is 5.77. The summed E-state index contributed by atoms with van der Waals surface area (Å²) in [6.45, 7) is 0. The van der Waals surface area contributed by atoms with Gasteiger partial charge in [-0.25, -0.2) is 9.07 Å². The fraction of sp³-hybridized carbons (Fsp3) is 0.150. The van der Waals surface area contributed by atoms with E-state index < -0.39 is 17.8 Å². The Labute approximate surface area is 170 Å². The number of nitrogens with zero attached hydrogens (tertiary/aromatic N) is 2. The minimum atomic E-state index is -0.869. The first-order valence-electron chi connectivity index (χ1n) is 8.74. The van der Waals surface area contributed by atoms with Crippen LogP contribution >= 0.6 is 11.6 Å². The number of carbonyl (C=O) groups is 2. The minimum absolute atomic E-state index is 0.0825. The number of aromatic nitrogens is 2. The maximum absolute atomic E-state index is 13.3. The van der Waals surface area contributed by atoms with Crippen molar-refractivity contribution in [1.29, 1.82) is 0 Å². The number of fused-ring (bicyclic) bond motifs is 1. The Bertz CT molecular complexity index is 1110. The van der Waals surface area contributed by atoms with E-state index in [-0.39, 0.29) is 17.4 Å². The van der Waals surface area contributed by atoms with Crippen LogP contribution in [0.5, 0.6) is 5.75 Å². The van der Waals surface area contributed by atoms with Crippen molar-refractivity contribution in [3.8, 4) is 16.9 Å². The summed E-state index contributed by atoms with van der Waals surface area (Å²) in [5.74, 6) is -0.337. The molecule has 2 heterocycles. The molecule has 9 heteroatoms. The van der Waals surface area contributed by atoms with Crippen LogP contribution in [0, 0.1) is 5.82 Å². The standard InChI is InChI=1S/C20H16ClFN4O3/c1-29-17-5-3-2-4-12(17)13-10-23-26-16(9-18(27)25-19(13)26)20(28)24-11-6-7-15(22)14(21)8-11/h2-8,10,16H,9H2,1H3,(H,24,28)(H,25,27)/t16-/m1/s1. The summed E-state index contributed by atoms with van der Waals surface area (Å²) in [4.78, 5) is 25.1. The van der Waals surface area contributed by atoms with Crippen LogP contribution in [0.4, 0.5) is 15.9 Å². The number of carbonyl (C=O) groups excluding carboxylic acids is 2. The first-order chi connectivity index (χ1) is 14.0. The van der Waals surface area contributed by atoms with Gasteiger partial charge in [0.1, 0.15) is 23.4 Å². The summed E-state index contributed by atoms with van der Waals surface area (Å²) in [5.41, 5.74) is 1.70. The molecule has 1 aliphatic heterocycles. The number of rotatable bonds is 4. The predicted molar refractivity (Wildman–Crippen MR) is 107 cm³/mol. The normalized spacial score (nSPS) is 15.4. The lowest BCUT2D eigenvalue weighted by Crippen LogP contribution is -2.35. The number of para-hydroxylation sites is 1. The summed E-state index contributed by atoms with van der Waals surface area (Å²) in [6, 6.07) is 10.3. The molecule has 1 atom stereocenters. The molecule has 0 fully saturated rings. The molecule has 2 N–H and O–H groups in total. The molecule has 0 radical (unpaired) electrons. The van der Waals surface area contributed by atoms with E-state index in [9.17, 15) is 14.0 Å². The van der Waals surface area contributed by atoms with Gasteiger partial charge in [0.25, 0.3) is 0 Å². The third kappa shape index (κ3) is 3.54. The molecule has 0 aliphatic carbocycles. The second kappa shape index (κ2) is 7.56. The van der Waals surface area contributed by atoms with Crippen LogP contribution in [0.25, 0.3) is 11.1 Å². The van der Waals surface area contributed by atoms with Gasteiger partial charge < -0.3 is 15.4 Å². The van der Waals surface area contributed by atoms with Crippen molar-refractivity contribution >= 4 is 34.9 Å². The summed E-state index contributed by atoms with van der Waals surface area (Å²) in [6.07, 6.45) is 1.49. The number of hydrogen-bond donors (Lipinski definition) is 2. The van der Waals surface area contributed by atoms with E-state index in [1.54, 1.807) is 19.4 Å². The van der Waals surface area contributed by atoms with E-state index in [0.29, 0.717) is 22.8 Å². The van der Waals surface area contributed by atoms with E-state index in [0.717, 1.165) is 11.6 Å².